The summed E-state index contributed by atoms with van der Waals surface area (Å²) >= 11 is 1.50. The normalized spacial score (nSPS) is 17.2. The third-order valence-electron chi connectivity index (χ3n) is 5.03. The van der Waals surface area contributed by atoms with Crippen molar-refractivity contribution < 1.29 is 22.3 Å². The van der Waals surface area contributed by atoms with Gasteiger partial charge in [-0.1, -0.05) is 0 Å². The van der Waals surface area contributed by atoms with Crippen LogP contribution in [0, 0.1) is 0 Å². The molecular formula is C21H25N3O5S2. The number of ether oxygens (including phenoxy) is 2. The van der Waals surface area contributed by atoms with E-state index in [4.69, 9.17) is 18.9 Å². The number of morpholine rings is 1. The van der Waals surface area contributed by atoms with Gasteiger partial charge in [-0.05, 0) is 43.3 Å². The second kappa shape index (κ2) is 9.49. The zero-order valence-corrected chi connectivity index (χ0v) is 19.1. The van der Waals surface area contributed by atoms with Crippen LogP contribution in [0.4, 0.5) is 5.69 Å². The van der Waals surface area contributed by atoms with Crippen molar-refractivity contribution in [2.45, 2.75) is 17.9 Å². The van der Waals surface area contributed by atoms with E-state index in [1.165, 1.54) is 15.6 Å². The van der Waals surface area contributed by atoms with Crippen molar-refractivity contribution in [3.8, 4) is 11.5 Å². The standard InChI is InChI=1S/C21H25N3O5S2/c1-16(14-27-2)24-19(20-4-3-11-29-20)15-30-21(24)22-17-5-7-18(8-6-17)31(25,26)23-9-12-28-13-10-23/h3-8,11,15-16H,9-10,12-14H2,1-2H3. The zero-order valence-electron chi connectivity index (χ0n) is 17.4. The average molecular weight is 464 g/mol. The lowest BCUT2D eigenvalue weighted by Gasteiger charge is -2.26. The number of rotatable bonds is 7. The van der Waals surface area contributed by atoms with Crippen LogP contribution in [0.5, 0.6) is 0 Å². The van der Waals surface area contributed by atoms with Crippen LogP contribution >= 0.6 is 11.3 Å². The van der Waals surface area contributed by atoms with Gasteiger partial charge in [-0.3, -0.25) is 0 Å². The highest BCUT2D eigenvalue weighted by Gasteiger charge is 2.26. The molecule has 1 aliphatic rings. The lowest BCUT2D eigenvalue weighted by molar-refractivity contribution is 0.0730. The van der Waals surface area contributed by atoms with Crippen molar-refractivity contribution >= 4 is 27.0 Å². The van der Waals surface area contributed by atoms with Crippen molar-refractivity contribution in [2.75, 3.05) is 40.0 Å². The van der Waals surface area contributed by atoms with Gasteiger partial charge in [-0.2, -0.15) is 4.31 Å². The molecule has 0 spiro atoms. The highest BCUT2D eigenvalue weighted by Crippen LogP contribution is 2.25. The molecule has 3 aromatic rings. The summed E-state index contributed by atoms with van der Waals surface area (Å²) in [5, 5.41) is 2.00. The molecule has 1 aromatic carbocycles. The Morgan fingerprint density at radius 1 is 1.19 bits per heavy atom. The van der Waals surface area contributed by atoms with Gasteiger partial charge in [0.15, 0.2) is 10.6 Å². The van der Waals surface area contributed by atoms with E-state index in [9.17, 15) is 8.42 Å². The van der Waals surface area contributed by atoms with Gasteiger partial charge in [0.2, 0.25) is 10.0 Å². The van der Waals surface area contributed by atoms with Gasteiger partial charge < -0.3 is 18.5 Å². The third-order valence-corrected chi connectivity index (χ3v) is 7.79. The number of hydrogen-bond acceptors (Lipinski definition) is 7. The van der Waals surface area contributed by atoms with Crippen LogP contribution < -0.4 is 4.80 Å². The predicted octanol–water partition coefficient (Wildman–Crippen LogP) is 3.27. The lowest BCUT2D eigenvalue weighted by atomic mass is 10.3. The van der Waals surface area contributed by atoms with Crippen LogP contribution in [-0.4, -0.2) is 57.3 Å². The summed E-state index contributed by atoms with van der Waals surface area (Å²) in [5.41, 5.74) is 1.59. The number of aromatic nitrogens is 1. The molecule has 31 heavy (non-hydrogen) atoms. The maximum absolute atomic E-state index is 12.8. The smallest absolute Gasteiger partial charge is 0.243 e. The van der Waals surface area contributed by atoms with Crippen LogP contribution in [0.3, 0.4) is 0 Å². The Labute approximate surface area is 185 Å². The molecule has 1 aliphatic heterocycles. The van der Waals surface area contributed by atoms with E-state index >= 15 is 0 Å². The minimum absolute atomic E-state index is 0.0380. The highest BCUT2D eigenvalue weighted by molar-refractivity contribution is 7.89. The van der Waals surface area contributed by atoms with Gasteiger partial charge in [0.25, 0.3) is 0 Å². The van der Waals surface area contributed by atoms with E-state index < -0.39 is 10.0 Å². The number of sulfonamides is 1. The summed E-state index contributed by atoms with van der Waals surface area (Å²) in [6, 6.07) is 10.5. The van der Waals surface area contributed by atoms with E-state index in [-0.39, 0.29) is 10.9 Å². The molecular weight excluding hydrogens is 438 g/mol. The number of nitrogens with zero attached hydrogens (tertiary/aromatic N) is 3. The van der Waals surface area contributed by atoms with E-state index in [2.05, 4.69) is 11.5 Å². The predicted molar refractivity (Wildman–Crippen MR) is 118 cm³/mol. The number of thiazole rings is 1. The molecule has 2 aromatic heterocycles. The first-order valence-corrected chi connectivity index (χ1v) is 12.3. The molecule has 0 bridgehead atoms. The second-order valence-corrected chi connectivity index (χ2v) is 9.95. The maximum Gasteiger partial charge on any atom is 0.243 e. The largest absolute Gasteiger partial charge is 0.463 e. The molecule has 4 rings (SSSR count). The van der Waals surface area contributed by atoms with E-state index in [0.29, 0.717) is 38.6 Å². The van der Waals surface area contributed by atoms with Crippen molar-refractivity contribution in [2.24, 2.45) is 4.99 Å². The molecule has 0 radical (unpaired) electrons. The van der Waals surface area contributed by atoms with E-state index in [0.717, 1.165) is 16.3 Å². The molecule has 1 atom stereocenters. The zero-order chi connectivity index (χ0) is 21.8. The fourth-order valence-electron chi connectivity index (χ4n) is 3.49. The monoisotopic (exact) mass is 463 g/mol. The summed E-state index contributed by atoms with van der Waals surface area (Å²) < 4.78 is 45.4. The highest BCUT2D eigenvalue weighted by atomic mass is 32.2. The molecule has 1 saturated heterocycles. The molecule has 3 heterocycles. The molecule has 0 aliphatic carbocycles. The van der Waals surface area contributed by atoms with Crippen LogP contribution in [0.25, 0.3) is 11.5 Å². The van der Waals surface area contributed by atoms with Gasteiger partial charge in [-0.15, -0.1) is 11.3 Å². The van der Waals surface area contributed by atoms with Gasteiger partial charge >= 0.3 is 0 Å². The number of furan rings is 1. The Bertz CT molecular complexity index is 1160. The van der Waals surface area contributed by atoms with E-state index in [1.54, 1.807) is 37.6 Å². The van der Waals surface area contributed by atoms with Gasteiger partial charge in [0.05, 0.1) is 48.4 Å². The molecule has 0 amide bonds. The van der Waals surface area contributed by atoms with Gasteiger partial charge in [-0.25, -0.2) is 13.4 Å². The fourth-order valence-corrected chi connectivity index (χ4v) is 5.89. The third kappa shape index (κ3) is 4.68. The summed E-state index contributed by atoms with van der Waals surface area (Å²) in [5.74, 6) is 0.757. The Morgan fingerprint density at radius 3 is 2.58 bits per heavy atom. The second-order valence-electron chi connectivity index (χ2n) is 7.18. The summed E-state index contributed by atoms with van der Waals surface area (Å²) in [7, 11) is -1.86. The SMILES string of the molecule is COCC(C)n1c(-c2ccco2)csc1=Nc1ccc(S(=O)(=O)N2CCOCC2)cc1. The Morgan fingerprint density at radius 2 is 1.94 bits per heavy atom. The average Bonchev–Trinajstić information content (AvgIpc) is 3.45. The minimum Gasteiger partial charge on any atom is -0.463 e. The fraction of sp³-hybridized carbons (Fsp3) is 0.381. The minimum atomic E-state index is -3.53. The van der Waals surface area contributed by atoms with Crippen molar-refractivity contribution in [1.82, 2.24) is 8.87 Å². The number of hydrogen-bond donors (Lipinski definition) is 0. The van der Waals surface area contributed by atoms with Crippen molar-refractivity contribution in [1.29, 1.82) is 0 Å². The molecule has 8 nitrogen and oxygen atoms in total. The maximum atomic E-state index is 12.8. The first-order chi connectivity index (χ1) is 15.0. The van der Waals surface area contributed by atoms with Crippen molar-refractivity contribution in [3.05, 3.63) is 52.8 Å². The number of benzene rings is 1. The molecule has 1 unspecified atom stereocenters. The lowest BCUT2D eigenvalue weighted by Crippen LogP contribution is -2.40. The quantitative estimate of drug-likeness (QED) is 0.537. The van der Waals surface area contributed by atoms with Crippen molar-refractivity contribution in [3.63, 3.8) is 0 Å². The molecule has 0 N–H and O–H groups in total. The first kappa shape index (κ1) is 22.0. The Hall–Kier alpha value is -2.24. The van der Waals surface area contributed by atoms with Crippen LogP contribution in [0.1, 0.15) is 13.0 Å². The van der Waals surface area contributed by atoms with Crippen LogP contribution in [-0.2, 0) is 19.5 Å². The van der Waals surface area contributed by atoms with Gasteiger partial charge in [0.1, 0.15) is 0 Å². The molecule has 10 heteroatoms. The van der Waals surface area contributed by atoms with E-state index in [1.807, 2.05) is 17.5 Å². The summed E-state index contributed by atoms with van der Waals surface area (Å²) in [4.78, 5) is 5.80. The Kier molecular flexibility index (Phi) is 6.73. The Balaban J connectivity index is 1.67. The van der Waals surface area contributed by atoms with Gasteiger partial charge in [0, 0.05) is 25.6 Å². The molecule has 0 saturated carbocycles. The topological polar surface area (TPSA) is 86.3 Å². The molecule has 1 fully saturated rings. The first-order valence-electron chi connectivity index (χ1n) is 9.96. The molecule has 166 valence electrons. The number of methoxy groups -OCH3 is 1. The van der Waals surface area contributed by atoms with Crippen LogP contribution in [0.15, 0.2) is 62.3 Å². The summed E-state index contributed by atoms with van der Waals surface area (Å²) in [6.07, 6.45) is 1.64. The summed E-state index contributed by atoms with van der Waals surface area (Å²) in [6.45, 7) is 4.16. The van der Waals surface area contributed by atoms with Crippen LogP contribution in [0.2, 0.25) is 0 Å².